The molecule has 1 aromatic rings. The van der Waals surface area contributed by atoms with Crippen LogP contribution in [-0.4, -0.2) is 43.5 Å². The van der Waals surface area contributed by atoms with E-state index >= 15 is 0 Å². The summed E-state index contributed by atoms with van der Waals surface area (Å²) in [7, 11) is 0. The number of hydrogen-bond acceptors (Lipinski definition) is 6. The Kier molecular flexibility index (Phi) is 7.75. The Morgan fingerprint density at radius 3 is 2.52 bits per heavy atom. The number of rotatable bonds is 7. The lowest BCUT2D eigenvalue weighted by Crippen LogP contribution is -2.42. The SMILES string of the molecule is CCCNC(=O)NC(=O)COC(=O)CNC(=O)c1ccc(C)s1. The first kappa shape index (κ1) is 18.6. The highest BCUT2D eigenvalue weighted by molar-refractivity contribution is 7.13. The third kappa shape index (κ3) is 7.41. The molecule has 0 aliphatic carbocycles. The summed E-state index contributed by atoms with van der Waals surface area (Å²) in [5, 5.41) is 6.85. The third-order valence-electron chi connectivity index (χ3n) is 2.51. The molecular weight excluding hydrogens is 322 g/mol. The Balaban J connectivity index is 2.22. The highest BCUT2D eigenvalue weighted by Gasteiger charge is 2.13. The Bertz CT molecular complexity index is 585. The van der Waals surface area contributed by atoms with Gasteiger partial charge in [-0.15, -0.1) is 11.3 Å². The molecule has 126 valence electrons. The zero-order valence-corrected chi connectivity index (χ0v) is 13.7. The summed E-state index contributed by atoms with van der Waals surface area (Å²) in [6.07, 6.45) is 0.736. The third-order valence-corrected chi connectivity index (χ3v) is 3.51. The zero-order valence-electron chi connectivity index (χ0n) is 12.9. The Labute approximate surface area is 137 Å². The van der Waals surface area contributed by atoms with Crippen LogP contribution in [0, 0.1) is 6.92 Å². The Morgan fingerprint density at radius 1 is 1.17 bits per heavy atom. The van der Waals surface area contributed by atoms with E-state index in [1.54, 1.807) is 12.1 Å². The van der Waals surface area contributed by atoms with Gasteiger partial charge in [-0.25, -0.2) is 4.79 Å². The van der Waals surface area contributed by atoms with Gasteiger partial charge in [0.2, 0.25) is 0 Å². The van der Waals surface area contributed by atoms with Crippen LogP contribution in [0.15, 0.2) is 12.1 Å². The van der Waals surface area contributed by atoms with Crippen molar-refractivity contribution in [3.05, 3.63) is 21.9 Å². The van der Waals surface area contributed by atoms with Gasteiger partial charge in [0.25, 0.3) is 11.8 Å². The van der Waals surface area contributed by atoms with E-state index in [1.807, 2.05) is 19.2 Å². The molecule has 23 heavy (non-hydrogen) atoms. The van der Waals surface area contributed by atoms with Gasteiger partial charge in [-0.2, -0.15) is 0 Å². The maximum atomic E-state index is 11.7. The fourth-order valence-corrected chi connectivity index (χ4v) is 2.22. The quantitative estimate of drug-likeness (QED) is 0.627. The van der Waals surface area contributed by atoms with Crippen LogP contribution in [-0.2, 0) is 14.3 Å². The molecule has 0 saturated heterocycles. The molecular formula is C14H19N3O5S. The van der Waals surface area contributed by atoms with Crippen molar-refractivity contribution in [2.75, 3.05) is 19.7 Å². The molecule has 0 radical (unpaired) electrons. The van der Waals surface area contributed by atoms with Crippen molar-refractivity contribution < 1.29 is 23.9 Å². The number of imide groups is 1. The minimum Gasteiger partial charge on any atom is -0.454 e. The summed E-state index contributed by atoms with van der Waals surface area (Å²) in [4.78, 5) is 47.1. The average Bonchev–Trinajstić information content (AvgIpc) is 2.95. The molecule has 0 unspecified atom stereocenters. The fraction of sp³-hybridized carbons (Fsp3) is 0.429. The van der Waals surface area contributed by atoms with E-state index in [2.05, 4.69) is 15.4 Å². The lowest BCUT2D eigenvalue weighted by Gasteiger charge is -2.07. The van der Waals surface area contributed by atoms with Crippen LogP contribution in [0.2, 0.25) is 0 Å². The molecule has 0 spiro atoms. The zero-order chi connectivity index (χ0) is 17.2. The predicted molar refractivity (Wildman–Crippen MR) is 84.2 cm³/mol. The highest BCUT2D eigenvalue weighted by Crippen LogP contribution is 2.14. The van der Waals surface area contributed by atoms with E-state index in [1.165, 1.54) is 11.3 Å². The number of amides is 4. The molecule has 0 aliphatic rings. The monoisotopic (exact) mass is 341 g/mol. The largest absolute Gasteiger partial charge is 0.454 e. The number of urea groups is 1. The van der Waals surface area contributed by atoms with Crippen molar-refractivity contribution in [2.24, 2.45) is 0 Å². The molecule has 9 heteroatoms. The molecule has 1 aromatic heterocycles. The van der Waals surface area contributed by atoms with Gasteiger partial charge in [0.1, 0.15) is 6.54 Å². The van der Waals surface area contributed by atoms with Gasteiger partial charge in [-0.1, -0.05) is 6.92 Å². The summed E-state index contributed by atoms with van der Waals surface area (Å²) < 4.78 is 4.66. The first-order valence-electron chi connectivity index (χ1n) is 7.00. The van der Waals surface area contributed by atoms with Crippen LogP contribution in [0.25, 0.3) is 0 Å². The predicted octanol–water partition coefficient (Wildman–Crippen LogP) is 0.565. The molecule has 0 aromatic carbocycles. The molecule has 8 nitrogen and oxygen atoms in total. The summed E-state index contributed by atoms with van der Waals surface area (Å²) in [6, 6.07) is 2.81. The summed E-state index contributed by atoms with van der Waals surface area (Å²) in [5.74, 6) is -1.90. The van der Waals surface area contributed by atoms with Crippen LogP contribution < -0.4 is 16.0 Å². The van der Waals surface area contributed by atoms with Gasteiger partial charge in [0.05, 0.1) is 4.88 Å². The summed E-state index contributed by atoms with van der Waals surface area (Å²) >= 11 is 1.31. The minimum absolute atomic E-state index is 0.356. The first-order valence-corrected chi connectivity index (χ1v) is 7.82. The summed E-state index contributed by atoms with van der Waals surface area (Å²) in [6.45, 7) is 3.23. The van der Waals surface area contributed by atoms with E-state index in [0.29, 0.717) is 11.4 Å². The fourth-order valence-electron chi connectivity index (χ4n) is 1.44. The van der Waals surface area contributed by atoms with Gasteiger partial charge >= 0.3 is 12.0 Å². The van der Waals surface area contributed by atoms with E-state index < -0.39 is 24.5 Å². The van der Waals surface area contributed by atoms with Crippen molar-refractivity contribution in [1.82, 2.24) is 16.0 Å². The molecule has 0 aliphatic heterocycles. The highest BCUT2D eigenvalue weighted by atomic mass is 32.1. The smallest absolute Gasteiger partial charge is 0.325 e. The minimum atomic E-state index is -0.768. The second-order valence-corrected chi connectivity index (χ2v) is 5.85. The number of nitrogens with one attached hydrogen (secondary N) is 3. The maximum Gasteiger partial charge on any atom is 0.325 e. The molecule has 0 atom stereocenters. The number of aryl methyl sites for hydroxylation is 1. The molecule has 1 rings (SSSR count). The lowest BCUT2D eigenvalue weighted by molar-refractivity contribution is -0.147. The molecule has 4 amide bonds. The van der Waals surface area contributed by atoms with Crippen LogP contribution in [0.3, 0.4) is 0 Å². The number of thiophene rings is 1. The molecule has 0 bridgehead atoms. The Hall–Kier alpha value is -2.42. The molecule has 3 N–H and O–H groups in total. The van der Waals surface area contributed by atoms with E-state index in [0.717, 1.165) is 11.3 Å². The van der Waals surface area contributed by atoms with Gasteiger partial charge in [0.15, 0.2) is 6.61 Å². The standard InChI is InChI=1S/C14H19N3O5S/c1-3-6-15-14(21)17-11(18)8-22-12(19)7-16-13(20)10-5-4-9(2)23-10/h4-5H,3,6-8H2,1-2H3,(H,16,20)(H2,15,17,18,21). The van der Waals surface area contributed by atoms with Crippen molar-refractivity contribution in [1.29, 1.82) is 0 Å². The summed E-state index contributed by atoms with van der Waals surface area (Å²) in [5.41, 5.74) is 0. The van der Waals surface area contributed by atoms with Crippen molar-refractivity contribution in [3.63, 3.8) is 0 Å². The van der Waals surface area contributed by atoms with Crippen LogP contribution in [0.1, 0.15) is 27.9 Å². The van der Waals surface area contributed by atoms with Gasteiger partial charge in [-0.3, -0.25) is 19.7 Å². The normalized spacial score (nSPS) is 9.83. The van der Waals surface area contributed by atoms with Gasteiger partial charge in [0, 0.05) is 11.4 Å². The topological polar surface area (TPSA) is 114 Å². The molecule has 0 fully saturated rings. The second kappa shape index (κ2) is 9.57. The van der Waals surface area contributed by atoms with Gasteiger partial charge in [-0.05, 0) is 25.5 Å². The van der Waals surface area contributed by atoms with Crippen LogP contribution >= 0.6 is 11.3 Å². The van der Waals surface area contributed by atoms with E-state index in [9.17, 15) is 19.2 Å². The number of carbonyl (C=O) groups is 4. The van der Waals surface area contributed by atoms with Crippen molar-refractivity contribution >= 4 is 35.2 Å². The number of carbonyl (C=O) groups excluding carboxylic acids is 4. The van der Waals surface area contributed by atoms with Gasteiger partial charge < -0.3 is 15.4 Å². The van der Waals surface area contributed by atoms with Crippen molar-refractivity contribution in [2.45, 2.75) is 20.3 Å². The van der Waals surface area contributed by atoms with Crippen LogP contribution in [0.5, 0.6) is 0 Å². The number of ether oxygens (including phenoxy) is 1. The maximum absolute atomic E-state index is 11.7. The van der Waals surface area contributed by atoms with Crippen LogP contribution in [0.4, 0.5) is 4.79 Å². The first-order chi connectivity index (χ1) is 10.9. The van der Waals surface area contributed by atoms with Crippen molar-refractivity contribution in [3.8, 4) is 0 Å². The van der Waals surface area contributed by atoms with E-state index in [-0.39, 0.29) is 12.5 Å². The molecule has 0 saturated carbocycles. The lowest BCUT2D eigenvalue weighted by atomic mass is 10.4. The average molecular weight is 341 g/mol. The Morgan fingerprint density at radius 2 is 1.91 bits per heavy atom. The number of esters is 1. The number of hydrogen-bond donors (Lipinski definition) is 3. The van der Waals surface area contributed by atoms with E-state index in [4.69, 9.17) is 0 Å². The second-order valence-electron chi connectivity index (χ2n) is 4.56. The molecule has 1 heterocycles.